The molecule has 1 aliphatic rings. The third-order valence-electron chi connectivity index (χ3n) is 4.19. The zero-order chi connectivity index (χ0) is 19.4. The van der Waals surface area contributed by atoms with Crippen LogP contribution >= 0.6 is 23.1 Å². The lowest BCUT2D eigenvalue weighted by Gasteiger charge is -2.23. The number of hydrogen-bond acceptors (Lipinski definition) is 6. The fourth-order valence-electron chi connectivity index (χ4n) is 2.56. The van der Waals surface area contributed by atoms with Gasteiger partial charge in [0.15, 0.2) is 6.61 Å². The Morgan fingerprint density at radius 1 is 1.26 bits per heavy atom. The van der Waals surface area contributed by atoms with E-state index in [0.29, 0.717) is 6.54 Å². The van der Waals surface area contributed by atoms with Gasteiger partial charge in [-0.1, -0.05) is 12.1 Å². The lowest BCUT2D eigenvalue weighted by Crippen LogP contribution is -2.33. The molecule has 0 fully saturated rings. The molecule has 8 heteroatoms. The van der Waals surface area contributed by atoms with Crippen LogP contribution in [-0.4, -0.2) is 41.6 Å². The molecule has 142 valence electrons. The number of fused-ring (bicyclic) bond motifs is 1. The number of anilines is 1. The van der Waals surface area contributed by atoms with Gasteiger partial charge in [0, 0.05) is 16.8 Å². The van der Waals surface area contributed by atoms with Gasteiger partial charge < -0.3 is 15.0 Å². The molecule has 1 aliphatic heterocycles. The molecule has 3 rings (SSSR count). The standard InChI is InChI=1S/C19H20N2O4S2/c1-12-7-8-26-16(12)10-21(2)17(22)11-25-18(23)9-15-19(24)20-13-5-3-4-6-14(13)27-15/h3-8,15H,9-11H2,1-2H3,(H,20,24)/t15-/m0/s1. The number of nitrogens with one attached hydrogen (secondary N) is 1. The van der Waals surface area contributed by atoms with E-state index in [9.17, 15) is 14.4 Å². The van der Waals surface area contributed by atoms with Crippen LogP contribution in [0.1, 0.15) is 16.9 Å². The lowest BCUT2D eigenvalue weighted by atomic mass is 10.2. The molecule has 1 atom stereocenters. The number of aryl methyl sites for hydroxylation is 1. The number of thioether (sulfide) groups is 1. The quantitative estimate of drug-likeness (QED) is 0.749. The highest BCUT2D eigenvalue weighted by molar-refractivity contribution is 8.01. The molecule has 0 saturated heterocycles. The number of rotatable bonds is 6. The minimum Gasteiger partial charge on any atom is -0.456 e. The third kappa shape index (κ3) is 4.90. The van der Waals surface area contributed by atoms with Crippen LogP contribution in [0.4, 0.5) is 5.69 Å². The molecule has 0 radical (unpaired) electrons. The normalized spacial score (nSPS) is 15.6. The maximum absolute atomic E-state index is 12.2. The minimum atomic E-state index is -0.561. The Morgan fingerprint density at radius 2 is 2.04 bits per heavy atom. The summed E-state index contributed by atoms with van der Waals surface area (Å²) in [6, 6.07) is 9.43. The molecular formula is C19H20N2O4S2. The first-order valence-corrected chi connectivity index (χ1v) is 10.2. The number of thiophene rings is 1. The van der Waals surface area contributed by atoms with Crippen molar-refractivity contribution in [3.05, 3.63) is 46.2 Å². The number of carbonyl (C=O) groups is 3. The highest BCUT2D eigenvalue weighted by Gasteiger charge is 2.29. The molecule has 0 aliphatic carbocycles. The van der Waals surface area contributed by atoms with Crippen molar-refractivity contribution in [1.29, 1.82) is 0 Å². The van der Waals surface area contributed by atoms with Crippen molar-refractivity contribution in [3.8, 4) is 0 Å². The van der Waals surface area contributed by atoms with E-state index in [0.717, 1.165) is 21.0 Å². The first kappa shape index (κ1) is 19.4. The Bertz CT molecular complexity index is 865. The number of para-hydroxylation sites is 1. The van der Waals surface area contributed by atoms with Crippen LogP contribution in [0, 0.1) is 6.92 Å². The highest BCUT2D eigenvalue weighted by Crippen LogP contribution is 2.36. The van der Waals surface area contributed by atoms with Crippen LogP contribution in [0.25, 0.3) is 0 Å². The van der Waals surface area contributed by atoms with Crippen LogP contribution in [0.3, 0.4) is 0 Å². The molecular weight excluding hydrogens is 384 g/mol. The molecule has 0 unspecified atom stereocenters. The van der Waals surface area contributed by atoms with Gasteiger partial charge in [-0.15, -0.1) is 23.1 Å². The predicted molar refractivity (Wildman–Crippen MR) is 106 cm³/mol. The molecule has 2 aromatic rings. The maximum atomic E-state index is 12.2. The van der Waals surface area contributed by atoms with Gasteiger partial charge in [-0.05, 0) is 36.1 Å². The second-order valence-corrected chi connectivity index (χ2v) is 8.48. The summed E-state index contributed by atoms with van der Waals surface area (Å²) in [5.41, 5.74) is 1.88. The molecule has 1 N–H and O–H groups in total. The number of esters is 1. The van der Waals surface area contributed by atoms with Gasteiger partial charge in [0.1, 0.15) is 0 Å². The van der Waals surface area contributed by atoms with Gasteiger partial charge in [-0.3, -0.25) is 14.4 Å². The maximum Gasteiger partial charge on any atom is 0.307 e. The third-order valence-corrected chi connectivity index (χ3v) is 6.47. The van der Waals surface area contributed by atoms with E-state index in [1.165, 1.54) is 16.7 Å². The first-order valence-electron chi connectivity index (χ1n) is 8.43. The van der Waals surface area contributed by atoms with Crippen LogP contribution in [0.5, 0.6) is 0 Å². The van der Waals surface area contributed by atoms with Crippen molar-refractivity contribution in [1.82, 2.24) is 4.90 Å². The van der Waals surface area contributed by atoms with Crippen molar-refractivity contribution < 1.29 is 19.1 Å². The summed E-state index contributed by atoms with van der Waals surface area (Å²) in [5, 5.41) is 4.21. The number of hydrogen-bond donors (Lipinski definition) is 1. The van der Waals surface area contributed by atoms with E-state index in [-0.39, 0.29) is 24.8 Å². The Balaban J connectivity index is 1.47. The summed E-state index contributed by atoms with van der Waals surface area (Å²) in [6.45, 7) is 2.15. The molecule has 1 aromatic carbocycles. The molecule has 1 aromatic heterocycles. The summed E-state index contributed by atoms with van der Waals surface area (Å²) in [5.74, 6) is -1.06. The number of nitrogens with zero attached hydrogens (tertiary/aromatic N) is 1. The summed E-state index contributed by atoms with van der Waals surface area (Å²) in [7, 11) is 1.68. The Labute approximate surface area is 165 Å². The van der Waals surface area contributed by atoms with Crippen LogP contribution in [0.2, 0.25) is 0 Å². The van der Waals surface area contributed by atoms with Gasteiger partial charge in [0.05, 0.1) is 23.9 Å². The molecule has 2 heterocycles. The van der Waals surface area contributed by atoms with Crippen LogP contribution in [-0.2, 0) is 25.7 Å². The zero-order valence-electron chi connectivity index (χ0n) is 15.1. The summed E-state index contributed by atoms with van der Waals surface area (Å²) in [6.07, 6.45) is -0.0775. The SMILES string of the molecule is Cc1ccsc1CN(C)C(=O)COC(=O)C[C@@H]1Sc2ccccc2NC1=O. The van der Waals surface area contributed by atoms with E-state index < -0.39 is 11.2 Å². The Morgan fingerprint density at radius 3 is 2.78 bits per heavy atom. The average Bonchev–Trinajstić information content (AvgIpc) is 3.05. The van der Waals surface area contributed by atoms with Crippen molar-refractivity contribution in [2.24, 2.45) is 0 Å². The fourth-order valence-corrected chi connectivity index (χ4v) is 4.61. The van der Waals surface area contributed by atoms with Gasteiger partial charge in [-0.25, -0.2) is 0 Å². The largest absolute Gasteiger partial charge is 0.456 e. The number of ether oxygens (including phenoxy) is 1. The molecule has 27 heavy (non-hydrogen) atoms. The summed E-state index contributed by atoms with van der Waals surface area (Å²) in [4.78, 5) is 39.9. The predicted octanol–water partition coefficient (Wildman–Crippen LogP) is 3.06. The molecule has 2 amide bonds. The van der Waals surface area contributed by atoms with Crippen LogP contribution in [0.15, 0.2) is 40.6 Å². The number of amides is 2. The average molecular weight is 405 g/mol. The van der Waals surface area contributed by atoms with E-state index in [2.05, 4.69) is 5.32 Å². The van der Waals surface area contributed by atoms with E-state index in [1.54, 1.807) is 18.4 Å². The van der Waals surface area contributed by atoms with Crippen molar-refractivity contribution in [2.45, 2.75) is 30.0 Å². The monoisotopic (exact) mass is 404 g/mol. The first-order chi connectivity index (χ1) is 12.9. The summed E-state index contributed by atoms with van der Waals surface area (Å²) < 4.78 is 5.09. The highest BCUT2D eigenvalue weighted by atomic mass is 32.2. The zero-order valence-corrected chi connectivity index (χ0v) is 16.7. The van der Waals surface area contributed by atoms with Crippen molar-refractivity contribution in [2.75, 3.05) is 19.0 Å². The second-order valence-electron chi connectivity index (χ2n) is 6.23. The van der Waals surface area contributed by atoms with Gasteiger partial charge >= 0.3 is 5.97 Å². The fraction of sp³-hybridized carbons (Fsp3) is 0.316. The van der Waals surface area contributed by atoms with E-state index in [1.807, 2.05) is 42.6 Å². The van der Waals surface area contributed by atoms with E-state index in [4.69, 9.17) is 4.74 Å². The number of benzene rings is 1. The number of carbonyl (C=O) groups excluding carboxylic acids is 3. The van der Waals surface area contributed by atoms with Crippen molar-refractivity contribution >= 4 is 46.6 Å². The Hall–Kier alpha value is -2.32. The van der Waals surface area contributed by atoms with Crippen molar-refractivity contribution in [3.63, 3.8) is 0 Å². The van der Waals surface area contributed by atoms with Gasteiger partial charge in [0.2, 0.25) is 5.91 Å². The molecule has 0 saturated carbocycles. The molecule has 0 spiro atoms. The van der Waals surface area contributed by atoms with Crippen LogP contribution < -0.4 is 5.32 Å². The van der Waals surface area contributed by atoms with Gasteiger partial charge in [0.25, 0.3) is 5.91 Å². The smallest absolute Gasteiger partial charge is 0.307 e. The molecule has 0 bridgehead atoms. The van der Waals surface area contributed by atoms with E-state index >= 15 is 0 Å². The van der Waals surface area contributed by atoms with Gasteiger partial charge in [-0.2, -0.15) is 0 Å². The second kappa shape index (κ2) is 8.58. The lowest BCUT2D eigenvalue weighted by molar-refractivity contribution is -0.152. The Kier molecular flexibility index (Phi) is 6.18. The topological polar surface area (TPSA) is 75.7 Å². The summed E-state index contributed by atoms with van der Waals surface area (Å²) >= 11 is 2.92. The number of likely N-dealkylation sites (N-methyl/N-ethyl adjacent to an activating group) is 1. The minimum absolute atomic E-state index is 0.0775. The molecule has 6 nitrogen and oxygen atoms in total.